The number of benzene rings is 1. The fourth-order valence-electron chi connectivity index (χ4n) is 1.67. The molecular formula is C10H11BrN2O. The first-order valence-electron chi connectivity index (χ1n) is 4.39. The minimum Gasteiger partial charge on any atom is -0.329 e. The molecule has 1 aliphatic heterocycles. The highest BCUT2D eigenvalue weighted by Gasteiger charge is 2.31. The van der Waals surface area contributed by atoms with E-state index in [9.17, 15) is 4.79 Å². The van der Waals surface area contributed by atoms with E-state index in [1.54, 1.807) is 0 Å². The fourth-order valence-corrected chi connectivity index (χ4v) is 2.13. The third-order valence-corrected chi connectivity index (χ3v) is 3.01. The molecule has 1 aromatic rings. The standard InChI is InChI=1S/C10H11BrN2O/c1-10(2)6-4-3-5-7(11)8(6)12-9(14)13-10/h3-5H,1-2H3,(H2,12,13,14). The van der Waals surface area contributed by atoms with Crippen LogP contribution in [0, 0.1) is 0 Å². The SMILES string of the molecule is CC1(C)NC(=O)Nc2c(Br)cccc21. The third kappa shape index (κ3) is 1.39. The Kier molecular flexibility index (Phi) is 2.03. The Bertz CT molecular complexity index is 401. The number of nitrogens with one attached hydrogen (secondary N) is 2. The summed E-state index contributed by atoms with van der Waals surface area (Å²) >= 11 is 3.42. The maximum absolute atomic E-state index is 11.4. The Morgan fingerprint density at radius 1 is 1.36 bits per heavy atom. The van der Waals surface area contributed by atoms with E-state index in [-0.39, 0.29) is 11.6 Å². The van der Waals surface area contributed by atoms with Crippen LogP contribution in [0.3, 0.4) is 0 Å². The molecule has 0 spiro atoms. The van der Waals surface area contributed by atoms with Crippen LogP contribution >= 0.6 is 15.9 Å². The van der Waals surface area contributed by atoms with Gasteiger partial charge in [-0.25, -0.2) is 4.79 Å². The van der Waals surface area contributed by atoms with Gasteiger partial charge in [0.1, 0.15) is 0 Å². The van der Waals surface area contributed by atoms with Crippen LogP contribution in [0.5, 0.6) is 0 Å². The summed E-state index contributed by atoms with van der Waals surface area (Å²) in [7, 11) is 0. The van der Waals surface area contributed by atoms with Crippen LogP contribution in [-0.2, 0) is 5.54 Å². The lowest BCUT2D eigenvalue weighted by Crippen LogP contribution is -2.47. The molecule has 0 bridgehead atoms. The summed E-state index contributed by atoms with van der Waals surface area (Å²) in [5.74, 6) is 0. The number of hydrogen-bond donors (Lipinski definition) is 2. The number of halogens is 1. The van der Waals surface area contributed by atoms with Crippen molar-refractivity contribution in [2.45, 2.75) is 19.4 Å². The monoisotopic (exact) mass is 254 g/mol. The van der Waals surface area contributed by atoms with E-state index >= 15 is 0 Å². The predicted molar refractivity (Wildman–Crippen MR) is 59.3 cm³/mol. The zero-order valence-corrected chi connectivity index (χ0v) is 9.60. The van der Waals surface area contributed by atoms with Crippen molar-refractivity contribution in [3.8, 4) is 0 Å². The van der Waals surface area contributed by atoms with Gasteiger partial charge in [-0.3, -0.25) is 0 Å². The lowest BCUT2D eigenvalue weighted by Gasteiger charge is -2.34. The molecule has 0 saturated carbocycles. The molecule has 2 N–H and O–H groups in total. The van der Waals surface area contributed by atoms with Crippen molar-refractivity contribution in [2.75, 3.05) is 5.32 Å². The van der Waals surface area contributed by atoms with E-state index in [1.165, 1.54) is 0 Å². The molecule has 0 aromatic heterocycles. The van der Waals surface area contributed by atoms with Gasteiger partial charge in [0.05, 0.1) is 11.2 Å². The Morgan fingerprint density at radius 3 is 2.79 bits per heavy atom. The summed E-state index contributed by atoms with van der Waals surface area (Å²) in [5.41, 5.74) is 1.63. The zero-order valence-electron chi connectivity index (χ0n) is 8.02. The fraction of sp³-hybridized carbons (Fsp3) is 0.300. The maximum atomic E-state index is 11.4. The van der Waals surface area contributed by atoms with Crippen LogP contribution in [0.1, 0.15) is 19.4 Å². The minimum atomic E-state index is -0.318. The molecule has 0 aliphatic carbocycles. The van der Waals surface area contributed by atoms with Crippen LogP contribution < -0.4 is 10.6 Å². The molecule has 2 rings (SSSR count). The van der Waals surface area contributed by atoms with Crippen molar-refractivity contribution in [2.24, 2.45) is 0 Å². The first-order chi connectivity index (χ1) is 6.50. The summed E-state index contributed by atoms with van der Waals surface area (Å²) in [6.45, 7) is 3.97. The summed E-state index contributed by atoms with van der Waals surface area (Å²) < 4.78 is 0.915. The van der Waals surface area contributed by atoms with Crippen LogP contribution in [0.15, 0.2) is 22.7 Å². The average Bonchev–Trinajstić information content (AvgIpc) is 2.05. The Morgan fingerprint density at radius 2 is 2.07 bits per heavy atom. The number of rotatable bonds is 0. The Labute approximate surface area is 91.0 Å². The van der Waals surface area contributed by atoms with Crippen molar-refractivity contribution in [1.82, 2.24) is 5.32 Å². The molecule has 0 unspecified atom stereocenters. The molecule has 1 aromatic carbocycles. The number of fused-ring (bicyclic) bond motifs is 1. The van der Waals surface area contributed by atoms with Gasteiger partial charge in [-0.15, -0.1) is 0 Å². The quantitative estimate of drug-likeness (QED) is 0.735. The smallest absolute Gasteiger partial charge is 0.319 e. The lowest BCUT2D eigenvalue weighted by molar-refractivity contribution is 0.239. The number of urea groups is 1. The van der Waals surface area contributed by atoms with Crippen molar-refractivity contribution in [1.29, 1.82) is 0 Å². The predicted octanol–water partition coefficient (Wildman–Crippen LogP) is 2.82. The van der Waals surface area contributed by atoms with Gasteiger partial charge in [-0.05, 0) is 35.8 Å². The number of carbonyl (C=O) groups excluding carboxylic acids is 1. The highest BCUT2D eigenvalue weighted by Crippen LogP contribution is 2.36. The van der Waals surface area contributed by atoms with Crippen LogP contribution in [0.4, 0.5) is 10.5 Å². The van der Waals surface area contributed by atoms with Crippen LogP contribution in [0.25, 0.3) is 0 Å². The summed E-state index contributed by atoms with van der Waals surface area (Å²) in [5, 5.41) is 5.65. The zero-order chi connectivity index (χ0) is 10.3. The molecule has 0 atom stereocenters. The van der Waals surface area contributed by atoms with Gasteiger partial charge in [0.2, 0.25) is 0 Å². The number of para-hydroxylation sites is 1. The van der Waals surface area contributed by atoms with Crippen LogP contribution in [-0.4, -0.2) is 6.03 Å². The second-order valence-electron chi connectivity index (χ2n) is 3.87. The highest BCUT2D eigenvalue weighted by molar-refractivity contribution is 9.10. The van der Waals surface area contributed by atoms with Gasteiger partial charge >= 0.3 is 6.03 Å². The first kappa shape index (κ1) is 9.52. The number of amides is 2. The largest absolute Gasteiger partial charge is 0.329 e. The van der Waals surface area contributed by atoms with Gasteiger partial charge in [0, 0.05) is 10.0 Å². The second kappa shape index (κ2) is 2.98. The summed E-state index contributed by atoms with van der Waals surface area (Å²) in [6, 6.07) is 5.73. The van der Waals surface area contributed by atoms with Crippen molar-refractivity contribution in [3.63, 3.8) is 0 Å². The summed E-state index contributed by atoms with van der Waals surface area (Å²) in [6.07, 6.45) is 0. The number of hydrogen-bond acceptors (Lipinski definition) is 1. The normalized spacial score (nSPS) is 18.1. The van der Waals surface area contributed by atoms with E-state index in [4.69, 9.17) is 0 Å². The maximum Gasteiger partial charge on any atom is 0.319 e. The molecule has 0 radical (unpaired) electrons. The van der Waals surface area contributed by atoms with Gasteiger partial charge < -0.3 is 10.6 Å². The van der Waals surface area contributed by atoms with Crippen molar-refractivity contribution in [3.05, 3.63) is 28.2 Å². The van der Waals surface area contributed by atoms with Gasteiger partial charge in [0.15, 0.2) is 0 Å². The Hall–Kier alpha value is -1.03. The second-order valence-corrected chi connectivity index (χ2v) is 4.72. The van der Waals surface area contributed by atoms with E-state index < -0.39 is 0 Å². The topological polar surface area (TPSA) is 41.1 Å². The molecule has 4 heteroatoms. The number of anilines is 1. The molecule has 2 amide bonds. The van der Waals surface area contributed by atoms with E-state index in [0.717, 1.165) is 15.7 Å². The van der Waals surface area contributed by atoms with Gasteiger partial charge in [0.25, 0.3) is 0 Å². The minimum absolute atomic E-state index is 0.158. The number of carbonyl (C=O) groups is 1. The molecule has 0 fully saturated rings. The van der Waals surface area contributed by atoms with Crippen molar-refractivity contribution >= 4 is 27.6 Å². The molecule has 1 heterocycles. The van der Waals surface area contributed by atoms with Crippen molar-refractivity contribution < 1.29 is 4.79 Å². The lowest BCUT2D eigenvalue weighted by atomic mass is 9.91. The molecule has 0 saturated heterocycles. The summed E-state index contributed by atoms with van der Waals surface area (Å²) in [4.78, 5) is 11.4. The third-order valence-electron chi connectivity index (χ3n) is 2.35. The molecular weight excluding hydrogens is 244 g/mol. The van der Waals surface area contributed by atoms with Gasteiger partial charge in [-0.2, -0.15) is 0 Å². The molecule has 1 aliphatic rings. The van der Waals surface area contributed by atoms with E-state index in [1.807, 2.05) is 32.0 Å². The van der Waals surface area contributed by atoms with Gasteiger partial charge in [-0.1, -0.05) is 12.1 Å². The average molecular weight is 255 g/mol. The Balaban J connectivity index is 2.63. The molecule has 14 heavy (non-hydrogen) atoms. The van der Waals surface area contributed by atoms with E-state index in [2.05, 4.69) is 26.6 Å². The van der Waals surface area contributed by atoms with Crippen LogP contribution in [0.2, 0.25) is 0 Å². The molecule has 3 nitrogen and oxygen atoms in total. The molecule has 74 valence electrons. The highest BCUT2D eigenvalue weighted by atomic mass is 79.9. The first-order valence-corrected chi connectivity index (χ1v) is 5.18. The van der Waals surface area contributed by atoms with E-state index in [0.29, 0.717) is 0 Å².